The van der Waals surface area contributed by atoms with Gasteiger partial charge in [-0.2, -0.15) is 5.10 Å². The van der Waals surface area contributed by atoms with Gasteiger partial charge in [-0.25, -0.2) is 9.67 Å². The molecule has 3 heterocycles. The number of amides is 1. The van der Waals surface area contributed by atoms with Crippen LogP contribution in [0.2, 0.25) is 0 Å². The van der Waals surface area contributed by atoms with E-state index in [4.69, 9.17) is 5.10 Å². The third-order valence-electron chi connectivity index (χ3n) is 5.13. The molecule has 0 aliphatic heterocycles. The van der Waals surface area contributed by atoms with Crippen LogP contribution in [0.4, 0.5) is 0 Å². The molecule has 4 aromatic rings. The molecule has 148 valence electrons. The van der Waals surface area contributed by atoms with Crippen LogP contribution in [-0.2, 0) is 17.8 Å². The topological polar surface area (TPSA) is 64.7 Å². The number of hydrogen-bond donors (Lipinski definition) is 1. The second kappa shape index (κ2) is 7.91. The third kappa shape index (κ3) is 3.92. The van der Waals surface area contributed by atoms with Gasteiger partial charge in [-0.05, 0) is 62.1 Å². The molecule has 1 amide bonds. The van der Waals surface area contributed by atoms with Crippen LogP contribution in [0.5, 0.6) is 0 Å². The molecule has 0 aliphatic rings. The van der Waals surface area contributed by atoms with Crippen LogP contribution in [-0.4, -0.2) is 31.8 Å². The summed E-state index contributed by atoms with van der Waals surface area (Å²) in [5.41, 5.74) is 5.24. The van der Waals surface area contributed by atoms with Crippen LogP contribution in [0, 0.1) is 20.8 Å². The number of hydrogen-bond acceptors (Lipinski definition) is 3. The van der Waals surface area contributed by atoms with E-state index in [0.29, 0.717) is 6.54 Å². The highest BCUT2D eigenvalue weighted by Gasteiger charge is 2.17. The fourth-order valence-corrected chi connectivity index (χ4v) is 3.68. The lowest BCUT2D eigenvalue weighted by Crippen LogP contribution is -2.30. The fourth-order valence-electron chi connectivity index (χ4n) is 3.68. The minimum Gasteiger partial charge on any atom is -0.354 e. The molecule has 0 spiro atoms. The van der Waals surface area contributed by atoms with E-state index < -0.39 is 0 Å². The lowest BCUT2D eigenvalue weighted by atomic mass is 10.1. The Hall–Kier alpha value is -3.41. The molecule has 0 atom stereocenters. The zero-order valence-corrected chi connectivity index (χ0v) is 17.0. The van der Waals surface area contributed by atoms with Crippen LogP contribution in [0.1, 0.15) is 22.4 Å². The van der Waals surface area contributed by atoms with Gasteiger partial charge in [0, 0.05) is 24.6 Å². The lowest BCUT2D eigenvalue weighted by Gasteiger charge is -2.08. The van der Waals surface area contributed by atoms with Crippen molar-refractivity contribution < 1.29 is 4.79 Å². The molecular weight excluding hydrogens is 362 g/mol. The Balaban J connectivity index is 1.54. The second-order valence-corrected chi connectivity index (χ2v) is 7.38. The maximum Gasteiger partial charge on any atom is 0.241 e. The van der Waals surface area contributed by atoms with Gasteiger partial charge >= 0.3 is 0 Å². The van der Waals surface area contributed by atoms with Crippen molar-refractivity contribution in [3.63, 3.8) is 0 Å². The largest absolute Gasteiger partial charge is 0.354 e. The molecule has 0 saturated carbocycles. The summed E-state index contributed by atoms with van der Waals surface area (Å²) in [5.74, 6) is 0.728. The minimum atomic E-state index is -0.0667. The monoisotopic (exact) mass is 387 g/mol. The third-order valence-corrected chi connectivity index (χ3v) is 5.13. The highest BCUT2D eigenvalue weighted by Crippen LogP contribution is 2.25. The Labute approximate surface area is 170 Å². The molecule has 3 aromatic heterocycles. The van der Waals surface area contributed by atoms with E-state index in [1.54, 1.807) is 4.68 Å². The predicted octanol–water partition coefficient (Wildman–Crippen LogP) is 3.51. The van der Waals surface area contributed by atoms with Gasteiger partial charge in [0.05, 0.1) is 5.39 Å². The summed E-state index contributed by atoms with van der Waals surface area (Å²) in [6.45, 7) is 6.84. The van der Waals surface area contributed by atoms with Gasteiger partial charge in [0.15, 0.2) is 11.5 Å². The molecule has 0 bridgehead atoms. The van der Waals surface area contributed by atoms with Crippen molar-refractivity contribution in [3.8, 4) is 5.82 Å². The molecule has 0 aliphatic carbocycles. The first-order valence-corrected chi connectivity index (χ1v) is 9.82. The molecule has 0 fully saturated rings. The van der Waals surface area contributed by atoms with Crippen molar-refractivity contribution in [1.82, 2.24) is 24.6 Å². The SMILES string of the molecule is Cc1cc(C)c2c(-n3cccc3)nn(CC(=O)NCCc3ccccc3C)c2n1. The number of carbonyl (C=O) groups is 1. The smallest absolute Gasteiger partial charge is 0.241 e. The molecule has 6 nitrogen and oxygen atoms in total. The van der Waals surface area contributed by atoms with Gasteiger partial charge < -0.3 is 9.88 Å². The van der Waals surface area contributed by atoms with E-state index in [1.807, 2.05) is 54.2 Å². The first-order chi connectivity index (χ1) is 14.0. The number of nitrogens with one attached hydrogen (secondary N) is 1. The van der Waals surface area contributed by atoms with Crippen molar-refractivity contribution in [2.75, 3.05) is 6.54 Å². The summed E-state index contributed by atoms with van der Waals surface area (Å²) in [6.07, 6.45) is 4.71. The van der Waals surface area contributed by atoms with Crippen molar-refractivity contribution >= 4 is 16.9 Å². The van der Waals surface area contributed by atoms with E-state index in [9.17, 15) is 4.79 Å². The van der Waals surface area contributed by atoms with E-state index in [2.05, 4.69) is 36.3 Å². The van der Waals surface area contributed by atoms with Crippen LogP contribution >= 0.6 is 0 Å². The Morgan fingerprint density at radius 2 is 1.79 bits per heavy atom. The Bertz CT molecular complexity index is 1160. The van der Waals surface area contributed by atoms with Gasteiger partial charge in [0.25, 0.3) is 0 Å². The van der Waals surface area contributed by atoms with Gasteiger partial charge in [0.2, 0.25) is 5.91 Å². The van der Waals surface area contributed by atoms with E-state index in [0.717, 1.165) is 34.5 Å². The molecule has 0 unspecified atom stereocenters. The molecule has 0 radical (unpaired) electrons. The average Bonchev–Trinajstić information content (AvgIpc) is 3.32. The first-order valence-electron chi connectivity index (χ1n) is 9.82. The summed E-state index contributed by atoms with van der Waals surface area (Å²) >= 11 is 0. The number of benzene rings is 1. The summed E-state index contributed by atoms with van der Waals surface area (Å²) in [5, 5.41) is 8.69. The zero-order valence-electron chi connectivity index (χ0n) is 17.0. The summed E-state index contributed by atoms with van der Waals surface area (Å²) in [4.78, 5) is 17.3. The summed E-state index contributed by atoms with van der Waals surface area (Å²) in [6, 6.07) is 14.2. The number of pyridine rings is 1. The highest BCUT2D eigenvalue weighted by molar-refractivity contribution is 5.88. The molecule has 1 aromatic carbocycles. The summed E-state index contributed by atoms with van der Waals surface area (Å²) < 4.78 is 3.66. The lowest BCUT2D eigenvalue weighted by molar-refractivity contribution is -0.121. The Kier molecular flexibility index (Phi) is 5.16. The molecule has 6 heteroatoms. The van der Waals surface area contributed by atoms with E-state index in [-0.39, 0.29) is 12.5 Å². The Morgan fingerprint density at radius 1 is 1.03 bits per heavy atom. The van der Waals surface area contributed by atoms with Gasteiger partial charge in [-0.3, -0.25) is 4.79 Å². The van der Waals surface area contributed by atoms with Gasteiger partial charge in [-0.1, -0.05) is 24.3 Å². The number of rotatable bonds is 6. The van der Waals surface area contributed by atoms with E-state index >= 15 is 0 Å². The summed E-state index contributed by atoms with van der Waals surface area (Å²) in [7, 11) is 0. The van der Waals surface area contributed by atoms with Crippen molar-refractivity contribution in [1.29, 1.82) is 0 Å². The fraction of sp³-hybridized carbons (Fsp3) is 0.261. The van der Waals surface area contributed by atoms with Gasteiger partial charge in [0.1, 0.15) is 6.54 Å². The van der Waals surface area contributed by atoms with Gasteiger partial charge in [-0.15, -0.1) is 0 Å². The quantitative estimate of drug-likeness (QED) is 0.551. The molecule has 4 rings (SSSR count). The average molecular weight is 387 g/mol. The van der Waals surface area contributed by atoms with Crippen molar-refractivity contribution in [2.45, 2.75) is 33.7 Å². The maximum atomic E-state index is 12.6. The van der Waals surface area contributed by atoms with Crippen LogP contribution in [0.3, 0.4) is 0 Å². The number of carbonyl (C=O) groups excluding carboxylic acids is 1. The predicted molar refractivity (Wildman–Crippen MR) is 114 cm³/mol. The number of fused-ring (bicyclic) bond motifs is 1. The number of aromatic nitrogens is 4. The van der Waals surface area contributed by atoms with Crippen LogP contribution in [0.25, 0.3) is 16.9 Å². The van der Waals surface area contributed by atoms with Crippen LogP contribution in [0.15, 0.2) is 54.9 Å². The number of aryl methyl sites for hydroxylation is 3. The molecule has 0 saturated heterocycles. The van der Waals surface area contributed by atoms with E-state index in [1.165, 1.54) is 11.1 Å². The van der Waals surface area contributed by atoms with Crippen molar-refractivity contribution in [2.24, 2.45) is 0 Å². The zero-order chi connectivity index (χ0) is 20.4. The maximum absolute atomic E-state index is 12.6. The standard InChI is InChI=1S/C23H25N5O/c1-16-8-4-5-9-19(16)10-11-24-20(29)15-28-22-21(17(2)14-18(3)25-22)23(26-28)27-12-6-7-13-27/h4-9,12-14H,10-11,15H2,1-3H3,(H,24,29). The second-order valence-electron chi connectivity index (χ2n) is 7.38. The minimum absolute atomic E-state index is 0.0667. The molecular formula is C23H25N5O. The molecule has 1 N–H and O–H groups in total. The Morgan fingerprint density at radius 3 is 2.55 bits per heavy atom. The first kappa shape index (κ1) is 18.9. The van der Waals surface area contributed by atoms with Crippen LogP contribution < -0.4 is 5.32 Å². The normalized spacial score (nSPS) is 11.1. The van der Waals surface area contributed by atoms with Crippen molar-refractivity contribution in [3.05, 3.63) is 77.2 Å². The number of nitrogens with zero attached hydrogens (tertiary/aromatic N) is 4. The molecule has 29 heavy (non-hydrogen) atoms. The highest BCUT2D eigenvalue weighted by atomic mass is 16.2.